The van der Waals surface area contributed by atoms with Crippen molar-refractivity contribution >= 4 is 11.0 Å². The Morgan fingerprint density at radius 2 is 1.74 bits per heavy atom. The molecule has 1 fully saturated rings. The number of aromatic nitrogens is 4. The fourth-order valence-electron chi connectivity index (χ4n) is 5.43. The zero-order valence-corrected chi connectivity index (χ0v) is 20.9. The fraction of sp³-hybridized carbons (Fsp3) is 0.357. The summed E-state index contributed by atoms with van der Waals surface area (Å²) >= 11 is 0. The lowest BCUT2D eigenvalue weighted by molar-refractivity contribution is -0.275. The first-order valence-corrected chi connectivity index (χ1v) is 12.4. The summed E-state index contributed by atoms with van der Waals surface area (Å²) in [4.78, 5) is 26.2. The van der Waals surface area contributed by atoms with E-state index < -0.39 is 18.1 Å². The molecule has 0 N–H and O–H groups in total. The summed E-state index contributed by atoms with van der Waals surface area (Å²) in [6, 6.07) is 9.82. The summed E-state index contributed by atoms with van der Waals surface area (Å²) in [6.07, 6.45) is 0.652. The predicted octanol–water partition coefficient (Wildman–Crippen LogP) is 6.33. The third-order valence-electron chi connectivity index (χ3n) is 7.22. The van der Waals surface area contributed by atoms with E-state index in [9.17, 15) is 22.4 Å². The molecule has 0 amide bonds. The van der Waals surface area contributed by atoms with E-state index in [4.69, 9.17) is 0 Å². The Bertz CT molecular complexity index is 1520. The molecule has 198 valence electrons. The van der Waals surface area contributed by atoms with Crippen molar-refractivity contribution in [2.75, 3.05) is 0 Å². The van der Waals surface area contributed by atoms with Gasteiger partial charge in [0.25, 0.3) is 5.56 Å². The Hall–Kier alpha value is -3.82. The first kappa shape index (κ1) is 25.8. The second-order valence-corrected chi connectivity index (χ2v) is 9.73. The van der Waals surface area contributed by atoms with Gasteiger partial charge in [0.05, 0.1) is 6.54 Å². The molecule has 0 spiro atoms. The van der Waals surface area contributed by atoms with Crippen molar-refractivity contribution in [3.05, 3.63) is 93.2 Å². The van der Waals surface area contributed by atoms with Gasteiger partial charge in [-0.05, 0) is 93.3 Å². The van der Waals surface area contributed by atoms with Crippen LogP contribution in [0.15, 0.2) is 53.6 Å². The normalized spacial score (nSPS) is 18.1. The number of alkyl halides is 3. The van der Waals surface area contributed by atoms with Crippen LogP contribution >= 0.6 is 0 Å². The monoisotopic (exact) mass is 526 g/mol. The lowest BCUT2D eigenvalue weighted by Crippen LogP contribution is -2.29. The smallest absolute Gasteiger partial charge is 0.404 e. The van der Waals surface area contributed by atoms with E-state index in [1.807, 2.05) is 25.1 Å². The number of aryl methyl sites for hydroxylation is 2. The van der Waals surface area contributed by atoms with E-state index in [1.54, 1.807) is 13.0 Å². The molecule has 1 saturated carbocycles. The Labute approximate surface area is 216 Å². The number of ether oxygens (including phenoxy) is 1. The average molecular weight is 527 g/mol. The molecule has 5 rings (SSSR count). The molecule has 1 aliphatic carbocycles. The molecule has 0 saturated heterocycles. The lowest BCUT2D eigenvalue weighted by Gasteiger charge is -2.30. The van der Waals surface area contributed by atoms with Gasteiger partial charge in [0.15, 0.2) is 5.75 Å². The van der Waals surface area contributed by atoms with Gasteiger partial charge in [-0.15, -0.1) is 13.2 Å². The van der Waals surface area contributed by atoms with E-state index in [0.29, 0.717) is 53.5 Å². The number of nitrogens with zero attached hydrogens (tertiary/aromatic N) is 4. The molecular weight excluding hydrogens is 500 g/mol. The van der Waals surface area contributed by atoms with Crippen LogP contribution in [-0.4, -0.2) is 25.9 Å². The molecule has 0 aliphatic heterocycles. The quantitative estimate of drug-likeness (QED) is 0.225. The van der Waals surface area contributed by atoms with Gasteiger partial charge in [0, 0.05) is 34.6 Å². The molecule has 38 heavy (non-hydrogen) atoms. The molecule has 4 aromatic heterocycles. The van der Waals surface area contributed by atoms with Crippen molar-refractivity contribution in [2.45, 2.75) is 64.3 Å². The van der Waals surface area contributed by atoms with Crippen molar-refractivity contribution < 1.29 is 22.3 Å². The molecule has 6 nitrogen and oxygen atoms in total. The van der Waals surface area contributed by atoms with Crippen LogP contribution in [-0.2, 0) is 6.54 Å². The highest BCUT2D eigenvalue weighted by atomic mass is 19.4. The van der Waals surface area contributed by atoms with Gasteiger partial charge in [-0.2, -0.15) is 4.39 Å². The Morgan fingerprint density at radius 3 is 2.45 bits per heavy atom. The Balaban J connectivity index is 1.51. The Kier molecular flexibility index (Phi) is 6.90. The van der Waals surface area contributed by atoms with Gasteiger partial charge in [-0.3, -0.25) is 14.3 Å². The first-order chi connectivity index (χ1) is 18.1. The maximum atomic E-state index is 14.5. The van der Waals surface area contributed by atoms with Crippen LogP contribution in [0.1, 0.15) is 65.6 Å². The number of hydrogen-bond acceptors (Lipinski definition) is 5. The van der Waals surface area contributed by atoms with Gasteiger partial charge in [0.2, 0.25) is 5.95 Å². The number of rotatable bonds is 5. The molecule has 0 bridgehead atoms. The summed E-state index contributed by atoms with van der Waals surface area (Å²) in [5.41, 5.74) is 2.74. The van der Waals surface area contributed by atoms with Crippen LogP contribution in [0.2, 0.25) is 0 Å². The zero-order valence-electron chi connectivity index (χ0n) is 20.9. The van der Waals surface area contributed by atoms with Gasteiger partial charge >= 0.3 is 6.36 Å². The number of pyridine rings is 4. The summed E-state index contributed by atoms with van der Waals surface area (Å²) in [7, 11) is 0. The molecule has 1 aliphatic rings. The van der Waals surface area contributed by atoms with Crippen molar-refractivity contribution in [1.82, 2.24) is 19.5 Å². The molecule has 4 heterocycles. The maximum absolute atomic E-state index is 14.5. The van der Waals surface area contributed by atoms with E-state index in [-0.39, 0.29) is 29.6 Å². The minimum Gasteiger partial charge on any atom is -0.404 e. The van der Waals surface area contributed by atoms with Crippen LogP contribution in [0, 0.1) is 19.8 Å². The van der Waals surface area contributed by atoms with Crippen LogP contribution in [0.4, 0.5) is 17.6 Å². The van der Waals surface area contributed by atoms with E-state index >= 15 is 0 Å². The number of halogens is 4. The van der Waals surface area contributed by atoms with Crippen LogP contribution < -0.4 is 10.3 Å². The van der Waals surface area contributed by atoms with E-state index in [2.05, 4.69) is 19.7 Å². The zero-order chi connectivity index (χ0) is 27.0. The summed E-state index contributed by atoms with van der Waals surface area (Å²) in [5.74, 6) is -0.976. The number of hydrogen-bond donors (Lipinski definition) is 0. The third-order valence-corrected chi connectivity index (χ3v) is 7.22. The first-order valence-electron chi connectivity index (χ1n) is 12.4. The molecule has 0 unspecified atom stereocenters. The van der Waals surface area contributed by atoms with Gasteiger partial charge < -0.3 is 4.74 Å². The highest BCUT2D eigenvalue weighted by Crippen LogP contribution is 2.41. The van der Waals surface area contributed by atoms with E-state index in [1.165, 1.54) is 29.1 Å². The summed E-state index contributed by atoms with van der Waals surface area (Å²) < 4.78 is 59.0. The molecular formula is C28H26F4N4O2. The minimum absolute atomic E-state index is 0.0162. The van der Waals surface area contributed by atoms with Crippen LogP contribution in [0.5, 0.6) is 5.75 Å². The maximum Gasteiger partial charge on any atom is 0.573 e. The number of fused-ring (bicyclic) bond motifs is 1. The van der Waals surface area contributed by atoms with Gasteiger partial charge in [-0.25, -0.2) is 9.97 Å². The highest BCUT2D eigenvalue weighted by molar-refractivity contribution is 5.76. The lowest BCUT2D eigenvalue weighted by atomic mass is 9.75. The molecule has 0 aromatic carbocycles. The average Bonchev–Trinajstić information content (AvgIpc) is 2.86. The van der Waals surface area contributed by atoms with Gasteiger partial charge in [-0.1, -0.05) is 0 Å². The highest BCUT2D eigenvalue weighted by Gasteiger charge is 2.33. The second-order valence-electron chi connectivity index (χ2n) is 9.73. The SMILES string of the molecule is Cc1ccc2cc(C3CCC(c4c(C)ccnc4F)CC3)c(=O)n(Cc3ncccc3OC(F)(F)F)c2n1. The topological polar surface area (TPSA) is 69.9 Å². The van der Waals surface area contributed by atoms with E-state index in [0.717, 1.165) is 5.56 Å². The molecule has 0 radical (unpaired) electrons. The third kappa shape index (κ3) is 5.25. The Morgan fingerprint density at radius 1 is 1.00 bits per heavy atom. The van der Waals surface area contributed by atoms with Crippen molar-refractivity contribution in [2.24, 2.45) is 0 Å². The summed E-state index contributed by atoms with van der Waals surface area (Å²) in [6.45, 7) is 3.42. The second kappa shape index (κ2) is 10.2. The van der Waals surface area contributed by atoms with Crippen molar-refractivity contribution in [3.63, 3.8) is 0 Å². The van der Waals surface area contributed by atoms with Crippen molar-refractivity contribution in [3.8, 4) is 5.75 Å². The van der Waals surface area contributed by atoms with Gasteiger partial charge in [0.1, 0.15) is 11.3 Å². The minimum atomic E-state index is -4.90. The standard InChI is InChI=1S/C28H26F4N4O2/c1-16-11-13-34-25(29)24(16)19-9-7-18(8-10-19)21-14-20-6-5-17(2)35-26(20)36(27(21)37)15-22-23(4-3-12-33-22)38-28(30,31)32/h3-6,11-14,18-19H,7-10,15H2,1-2H3. The molecule has 4 aromatic rings. The van der Waals surface area contributed by atoms with Crippen LogP contribution in [0.3, 0.4) is 0 Å². The predicted molar refractivity (Wildman–Crippen MR) is 134 cm³/mol. The van der Waals surface area contributed by atoms with Crippen molar-refractivity contribution in [1.29, 1.82) is 0 Å². The van der Waals surface area contributed by atoms with Crippen LogP contribution in [0.25, 0.3) is 11.0 Å². The fourth-order valence-corrected chi connectivity index (χ4v) is 5.43. The molecule has 0 atom stereocenters. The summed E-state index contributed by atoms with van der Waals surface area (Å²) in [5, 5.41) is 0.704. The molecule has 10 heteroatoms. The largest absolute Gasteiger partial charge is 0.573 e.